The highest BCUT2D eigenvalue weighted by atomic mass is 16.2. The molecule has 0 aliphatic rings. The van der Waals surface area contributed by atoms with Crippen LogP contribution in [0.1, 0.15) is 23.6 Å². The van der Waals surface area contributed by atoms with Crippen LogP contribution < -0.4 is 5.73 Å². The lowest BCUT2D eigenvalue weighted by Crippen LogP contribution is -2.41. The van der Waals surface area contributed by atoms with Gasteiger partial charge in [0, 0.05) is 7.05 Å². The minimum absolute atomic E-state index is 0.0895. The number of aromatic amines is 1. The van der Waals surface area contributed by atoms with Gasteiger partial charge >= 0.3 is 0 Å². The first-order valence-corrected chi connectivity index (χ1v) is 6.98. The van der Waals surface area contributed by atoms with Crippen molar-refractivity contribution in [2.45, 2.75) is 32.4 Å². The molecule has 2 rings (SSSR count). The van der Waals surface area contributed by atoms with Gasteiger partial charge in [0.05, 0.1) is 12.6 Å². The number of carbonyl (C=O) groups excluding carboxylic acids is 1. The molecule has 0 bridgehead atoms. The number of aryl methyl sites for hydroxylation is 2. The number of hydrogen-bond acceptors (Lipinski definition) is 4. The maximum Gasteiger partial charge on any atom is 0.239 e. The lowest BCUT2D eigenvalue weighted by Gasteiger charge is -2.20. The van der Waals surface area contributed by atoms with Crippen molar-refractivity contribution < 1.29 is 4.79 Å². The fourth-order valence-corrected chi connectivity index (χ4v) is 2.12. The monoisotopic (exact) mass is 287 g/mol. The van der Waals surface area contributed by atoms with E-state index in [1.807, 2.05) is 37.3 Å². The summed E-state index contributed by atoms with van der Waals surface area (Å²) in [5, 5.41) is 6.78. The van der Waals surface area contributed by atoms with Crippen molar-refractivity contribution in [3.05, 3.63) is 47.5 Å². The van der Waals surface area contributed by atoms with Gasteiger partial charge in [-0.1, -0.05) is 30.3 Å². The van der Waals surface area contributed by atoms with Crippen LogP contribution in [0.2, 0.25) is 0 Å². The summed E-state index contributed by atoms with van der Waals surface area (Å²) >= 11 is 0. The van der Waals surface area contributed by atoms with E-state index in [1.165, 1.54) is 5.56 Å². The topological polar surface area (TPSA) is 87.9 Å². The SMILES string of the molecule is Cc1nc(CN(C)C(=O)C(N)CCc2ccccc2)n[nH]1. The Labute approximate surface area is 124 Å². The summed E-state index contributed by atoms with van der Waals surface area (Å²) in [5.41, 5.74) is 7.17. The van der Waals surface area contributed by atoms with Gasteiger partial charge in [0.25, 0.3) is 0 Å². The van der Waals surface area contributed by atoms with Gasteiger partial charge in [-0.2, -0.15) is 5.10 Å². The number of rotatable bonds is 6. The average molecular weight is 287 g/mol. The molecule has 1 aromatic heterocycles. The number of aromatic nitrogens is 3. The third kappa shape index (κ3) is 4.39. The normalized spacial score (nSPS) is 12.1. The van der Waals surface area contributed by atoms with E-state index in [-0.39, 0.29) is 5.91 Å². The highest BCUT2D eigenvalue weighted by Crippen LogP contribution is 2.06. The van der Waals surface area contributed by atoms with E-state index in [1.54, 1.807) is 11.9 Å². The van der Waals surface area contributed by atoms with E-state index in [0.717, 1.165) is 12.2 Å². The average Bonchev–Trinajstić information content (AvgIpc) is 2.90. The minimum Gasteiger partial charge on any atom is -0.337 e. The van der Waals surface area contributed by atoms with Crippen LogP contribution in [0.25, 0.3) is 0 Å². The van der Waals surface area contributed by atoms with Crippen LogP contribution in [0.15, 0.2) is 30.3 Å². The largest absolute Gasteiger partial charge is 0.337 e. The second-order valence-corrected chi connectivity index (χ2v) is 5.16. The first-order valence-electron chi connectivity index (χ1n) is 6.98. The molecular formula is C15H21N5O. The molecule has 1 unspecified atom stereocenters. The van der Waals surface area contributed by atoms with Crippen molar-refractivity contribution in [1.82, 2.24) is 20.1 Å². The number of hydrogen-bond donors (Lipinski definition) is 2. The summed E-state index contributed by atoms with van der Waals surface area (Å²) in [6.45, 7) is 2.19. The lowest BCUT2D eigenvalue weighted by molar-refractivity contribution is -0.132. The molecule has 0 radical (unpaired) electrons. The summed E-state index contributed by atoms with van der Waals surface area (Å²) in [4.78, 5) is 18.0. The minimum atomic E-state index is -0.504. The number of nitrogens with one attached hydrogen (secondary N) is 1. The van der Waals surface area contributed by atoms with Crippen molar-refractivity contribution in [3.8, 4) is 0 Å². The summed E-state index contributed by atoms with van der Waals surface area (Å²) < 4.78 is 0. The van der Waals surface area contributed by atoms with Crippen LogP contribution in [0, 0.1) is 6.92 Å². The number of amides is 1. The van der Waals surface area contributed by atoms with Gasteiger partial charge < -0.3 is 10.6 Å². The molecule has 2 aromatic rings. The first kappa shape index (κ1) is 15.2. The Morgan fingerprint density at radius 2 is 2.10 bits per heavy atom. The molecular weight excluding hydrogens is 266 g/mol. The Hall–Kier alpha value is -2.21. The van der Waals surface area contributed by atoms with Crippen molar-refractivity contribution in [2.24, 2.45) is 5.73 Å². The Morgan fingerprint density at radius 1 is 1.38 bits per heavy atom. The van der Waals surface area contributed by atoms with Gasteiger partial charge in [-0.25, -0.2) is 4.98 Å². The second kappa shape index (κ2) is 6.99. The number of nitrogens with two attached hydrogens (primary N) is 1. The Kier molecular flexibility index (Phi) is 5.05. The lowest BCUT2D eigenvalue weighted by atomic mass is 10.1. The molecule has 0 aliphatic carbocycles. The number of carbonyl (C=O) groups is 1. The van der Waals surface area contributed by atoms with E-state index >= 15 is 0 Å². The van der Waals surface area contributed by atoms with Gasteiger partial charge in [0.2, 0.25) is 5.91 Å². The highest BCUT2D eigenvalue weighted by Gasteiger charge is 2.19. The molecule has 112 valence electrons. The number of H-pyrrole nitrogens is 1. The molecule has 3 N–H and O–H groups in total. The van der Waals surface area contributed by atoms with E-state index in [0.29, 0.717) is 18.8 Å². The van der Waals surface area contributed by atoms with Gasteiger partial charge in [-0.3, -0.25) is 9.89 Å². The van der Waals surface area contributed by atoms with Gasteiger partial charge in [-0.05, 0) is 25.3 Å². The van der Waals surface area contributed by atoms with E-state index in [9.17, 15) is 4.79 Å². The fraction of sp³-hybridized carbons (Fsp3) is 0.400. The molecule has 1 atom stereocenters. The maximum atomic E-state index is 12.2. The van der Waals surface area contributed by atoms with E-state index in [4.69, 9.17) is 5.73 Å². The molecule has 0 saturated carbocycles. The number of likely N-dealkylation sites (N-methyl/N-ethyl adjacent to an activating group) is 1. The van der Waals surface area contributed by atoms with Gasteiger partial charge in [-0.15, -0.1) is 0 Å². The molecule has 1 heterocycles. The standard InChI is InChI=1S/C15H21N5O/c1-11-17-14(19-18-11)10-20(2)15(21)13(16)9-8-12-6-4-3-5-7-12/h3-7,13H,8-10,16H2,1-2H3,(H,17,18,19). The quantitative estimate of drug-likeness (QED) is 0.830. The molecule has 0 saturated heterocycles. The summed E-state index contributed by atoms with van der Waals surface area (Å²) in [6.07, 6.45) is 1.42. The summed E-state index contributed by atoms with van der Waals surface area (Å²) in [6, 6.07) is 9.52. The number of nitrogens with zero attached hydrogens (tertiary/aromatic N) is 3. The first-order chi connectivity index (χ1) is 10.1. The van der Waals surface area contributed by atoms with Crippen molar-refractivity contribution >= 4 is 5.91 Å². The molecule has 6 nitrogen and oxygen atoms in total. The van der Waals surface area contributed by atoms with Crippen LogP contribution in [0.5, 0.6) is 0 Å². The summed E-state index contributed by atoms with van der Waals surface area (Å²) in [7, 11) is 1.72. The molecule has 0 aliphatic heterocycles. The molecule has 6 heteroatoms. The fourth-order valence-electron chi connectivity index (χ4n) is 2.12. The molecule has 0 spiro atoms. The zero-order valence-electron chi connectivity index (χ0n) is 12.4. The Bertz CT molecular complexity index is 581. The Morgan fingerprint density at radius 3 is 2.71 bits per heavy atom. The van der Waals surface area contributed by atoms with Crippen LogP contribution in [-0.2, 0) is 17.8 Å². The van der Waals surface area contributed by atoms with Gasteiger partial charge in [0.1, 0.15) is 5.82 Å². The van der Waals surface area contributed by atoms with Crippen molar-refractivity contribution in [1.29, 1.82) is 0 Å². The van der Waals surface area contributed by atoms with Crippen molar-refractivity contribution in [3.63, 3.8) is 0 Å². The molecule has 0 fully saturated rings. The zero-order chi connectivity index (χ0) is 15.2. The van der Waals surface area contributed by atoms with E-state index in [2.05, 4.69) is 15.2 Å². The Balaban J connectivity index is 1.83. The molecule has 1 amide bonds. The molecule has 1 aromatic carbocycles. The second-order valence-electron chi connectivity index (χ2n) is 5.16. The van der Waals surface area contributed by atoms with Crippen LogP contribution >= 0.6 is 0 Å². The van der Waals surface area contributed by atoms with E-state index < -0.39 is 6.04 Å². The number of benzene rings is 1. The smallest absolute Gasteiger partial charge is 0.239 e. The zero-order valence-corrected chi connectivity index (χ0v) is 12.4. The highest BCUT2D eigenvalue weighted by molar-refractivity contribution is 5.81. The van der Waals surface area contributed by atoms with Crippen LogP contribution in [0.4, 0.5) is 0 Å². The third-order valence-corrected chi connectivity index (χ3v) is 3.30. The van der Waals surface area contributed by atoms with Crippen LogP contribution in [-0.4, -0.2) is 39.1 Å². The van der Waals surface area contributed by atoms with Gasteiger partial charge in [0.15, 0.2) is 5.82 Å². The molecule has 21 heavy (non-hydrogen) atoms. The summed E-state index contributed by atoms with van der Waals surface area (Å²) in [5.74, 6) is 1.24. The third-order valence-electron chi connectivity index (χ3n) is 3.30. The maximum absolute atomic E-state index is 12.2. The van der Waals surface area contributed by atoms with Crippen LogP contribution in [0.3, 0.4) is 0 Å². The predicted octanol–water partition coefficient (Wildman–Crippen LogP) is 1.03. The van der Waals surface area contributed by atoms with Crippen molar-refractivity contribution in [2.75, 3.05) is 7.05 Å². The predicted molar refractivity (Wildman–Crippen MR) is 80.3 cm³/mol.